The minimum Gasteiger partial charge on any atom is -0.465 e. The minimum absolute atomic E-state index is 0.115. The Bertz CT molecular complexity index is 357. The van der Waals surface area contributed by atoms with Crippen LogP contribution in [0, 0.1) is 5.92 Å². The molecule has 1 saturated heterocycles. The van der Waals surface area contributed by atoms with Crippen molar-refractivity contribution < 1.29 is 14.3 Å². The van der Waals surface area contributed by atoms with Crippen LogP contribution < -0.4 is 0 Å². The molecule has 0 aromatic rings. The van der Waals surface area contributed by atoms with Gasteiger partial charge < -0.3 is 9.64 Å². The lowest BCUT2D eigenvalue weighted by atomic mass is 10.1. The largest absolute Gasteiger partial charge is 0.465 e. The quantitative estimate of drug-likeness (QED) is 0.340. The lowest BCUT2D eigenvalue weighted by Gasteiger charge is -2.16. The van der Waals surface area contributed by atoms with E-state index in [0.29, 0.717) is 19.6 Å². The standard InChI is InChI=1S/C20H37NO3/c1-3-5-6-7-8-9-10-11-12-13-14-21-17-18(16-19(21)22)20(23)24-15-4-2/h18H,3-17H2,1-2H3. The van der Waals surface area contributed by atoms with E-state index in [4.69, 9.17) is 4.74 Å². The maximum absolute atomic E-state index is 12.0. The zero-order valence-corrected chi connectivity index (χ0v) is 15.9. The predicted octanol–water partition coefficient (Wildman–Crippen LogP) is 4.71. The van der Waals surface area contributed by atoms with Gasteiger partial charge in [0.05, 0.1) is 12.5 Å². The second kappa shape index (κ2) is 13.3. The summed E-state index contributed by atoms with van der Waals surface area (Å²) in [5, 5.41) is 0. The number of carbonyl (C=O) groups excluding carboxylic acids is 2. The molecule has 1 aliphatic rings. The molecular formula is C20H37NO3. The summed E-state index contributed by atoms with van der Waals surface area (Å²) in [6, 6.07) is 0. The average Bonchev–Trinajstić information content (AvgIpc) is 2.95. The van der Waals surface area contributed by atoms with Crippen LogP contribution in [0.25, 0.3) is 0 Å². The summed E-state index contributed by atoms with van der Waals surface area (Å²) in [6.07, 6.45) is 14.1. The molecule has 0 spiro atoms. The summed E-state index contributed by atoms with van der Waals surface area (Å²) < 4.78 is 5.16. The molecule has 0 aromatic carbocycles. The van der Waals surface area contributed by atoms with E-state index in [0.717, 1.165) is 19.4 Å². The lowest BCUT2D eigenvalue weighted by Crippen LogP contribution is -2.27. The smallest absolute Gasteiger partial charge is 0.311 e. The molecule has 0 saturated carbocycles. The van der Waals surface area contributed by atoms with Gasteiger partial charge in [-0.2, -0.15) is 0 Å². The van der Waals surface area contributed by atoms with Crippen LogP contribution in [0.3, 0.4) is 0 Å². The van der Waals surface area contributed by atoms with E-state index < -0.39 is 0 Å². The molecule has 24 heavy (non-hydrogen) atoms. The van der Waals surface area contributed by atoms with E-state index in [2.05, 4.69) is 6.92 Å². The Hall–Kier alpha value is -1.06. The monoisotopic (exact) mass is 339 g/mol. The van der Waals surface area contributed by atoms with E-state index >= 15 is 0 Å². The van der Waals surface area contributed by atoms with Crippen LogP contribution in [0.1, 0.15) is 90.9 Å². The van der Waals surface area contributed by atoms with Gasteiger partial charge in [0.25, 0.3) is 0 Å². The van der Waals surface area contributed by atoms with Crippen LogP contribution in [0.2, 0.25) is 0 Å². The molecule has 1 atom stereocenters. The summed E-state index contributed by atoms with van der Waals surface area (Å²) in [5.41, 5.74) is 0. The summed E-state index contributed by atoms with van der Waals surface area (Å²) in [6.45, 7) is 6.04. The highest BCUT2D eigenvalue weighted by Crippen LogP contribution is 2.20. The van der Waals surface area contributed by atoms with E-state index in [1.54, 1.807) is 0 Å². The van der Waals surface area contributed by atoms with Crippen LogP contribution in [0.15, 0.2) is 0 Å². The lowest BCUT2D eigenvalue weighted by molar-refractivity contribution is -0.148. The maximum Gasteiger partial charge on any atom is 0.311 e. The van der Waals surface area contributed by atoms with Gasteiger partial charge in [0.2, 0.25) is 5.91 Å². The third-order valence-electron chi connectivity index (χ3n) is 4.78. The van der Waals surface area contributed by atoms with Crippen molar-refractivity contribution in [2.75, 3.05) is 19.7 Å². The summed E-state index contributed by atoms with van der Waals surface area (Å²) in [5.74, 6) is -0.327. The third kappa shape index (κ3) is 8.70. The highest BCUT2D eigenvalue weighted by atomic mass is 16.5. The Balaban J connectivity index is 2.01. The highest BCUT2D eigenvalue weighted by Gasteiger charge is 2.34. The van der Waals surface area contributed by atoms with E-state index in [1.807, 2.05) is 11.8 Å². The number of hydrogen-bond acceptors (Lipinski definition) is 3. The number of esters is 1. The number of amides is 1. The molecular weight excluding hydrogens is 302 g/mol. The first kappa shape index (κ1) is 21.0. The molecule has 4 heteroatoms. The molecule has 0 N–H and O–H groups in total. The molecule has 1 heterocycles. The number of likely N-dealkylation sites (tertiary alicyclic amines) is 1. The number of carbonyl (C=O) groups is 2. The molecule has 140 valence electrons. The summed E-state index contributed by atoms with van der Waals surface area (Å²) >= 11 is 0. The average molecular weight is 340 g/mol. The van der Waals surface area contributed by atoms with Crippen molar-refractivity contribution in [1.29, 1.82) is 0 Å². The van der Waals surface area contributed by atoms with Crippen molar-refractivity contribution in [3.63, 3.8) is 0 Å². The van der Waals surface area contributed by atoms with Gasteiger partial charge in [-0.05, 0) is 12.8 Å². The molecule has 1 fully saturated rings. The molecule has 0 aromatic heterocycles. The van der Waals surface area contributed by atoms with Crippen LogP contribution in [-0.2, 0) is 14.3 Å². The van der Waals surface area contributed by atoms with E-state index in [9.17, 15) is 9.59 Å². The predicted molar refractivity (Wildman–Crippen MR) is 97.8 cm³/mol. The fourth-order valence-corrected chi connectivity index (χ4v) is 3.26. The molecule has 0 bridgehead atoms. The Labute approximate surface area is 148 Å². The Morgan fingerprint density at radius 1 is 0.958 bits per heavy atom. The first-order valence-corrected chi connectivity index (χ1v) is 10.1. The SMILES string of the molecule is CCCCCCCCCCCCN1CC(C(=O)OCCC)CC1=O. The summed E-state index contributed by atoms with van der Waals surface area (Å²) in [4.78, 5) is 25.7. The van der Waals surface area contributed by atoms with Crippen LogP contribution in [0.5, 0.6) is 0 Å². The van der Waals surface area contributed by atoms with Gasteiger partial charge >= 0.3 is 5.97 Å². The van der Waals surface area contributed by atoms with Crippen molar-refractivity contribution in [1.82, 2.24) is 4.90 Å². The normalized spacial score (nSPS) is 17.5. The molecule has 0 radical (unpaired) electrons. The highest BCUT2D eigenvalue weighted by molar-refractivity contribution is 5.86. The topological polar surface area (TPSA) is 46.6 Å². The van der Waals surface area contributed by atoms with Gasteiger partial charge in [-0.1, -0.05) is 71.6 Å². The van der Waals surface area contributed by atoms with Gasteiger partial charge in [-0.15, -0.1) is 0 Å². The van der Waals surface area contributed by atoms with Gasteiger partial charge in [0.15, 0.2) is 0 Å². The fourth-order valence-electron chi connectivity index (χ4n) is 3.26. The molecule has 1 unspecified atom stereocenters. The second-order valence-electron chi connectivity index (χ2n) is 7.09. The summed E-state index contributed by atoms with van der Waals surface area (Å²) in [7, 11) is 0. The second-order valence-corrected chi connectivity index (χ2v) is 7.09. The number of ether oxygens (including phenoxy) is 1. The van der Waals surface area contributed by atoms with Gasteiger partial charge in [-0.25, -0.2) is 0 Å². The number of nitrogens with zero attached hydrogens (tertiary/aromatic N) is 1. The molecule has 0 aliphatic carbocycles. The van der Waals surface area contributed by atoms with Gasteiger partial charge in [0.1, 0.15) is 0 Å². The van der Waals surface area contributed by atoms with Gasteiger partial charge in [0, 0.05) is 19.5 Å². The first-order chi connectivity index (χ1) is 11.7. The molecule has 1 rings (SSSR count). The third-order valence-corrected chi connectivity index (χ3v) is 4.78. The van der Waals surface area contributed by atoms with Crippen LogP contribution in [0.4, 0.5) is 0 Å². The number of hydrogen-bond donors (Lipinski definition) is 0. The van der Waals surface area contributed by atoms with Crippen molar-refractivity contribution in [3.8, 4) is 0 Å². The van der Waals surface area contributed by atoms with Crippen molar-refractivity contribution in [3.05, 3.63) is 0 Å². The molecule has 1 aliphatic heterocycles. The fraction of sp³-hybridized carbons (Fsp3) is 0.900. The molecule has 1 amide bonds. The Morgan fingerprint density at radius 2 is 1.54 bits per heavy atom. The van der Waals surface area contributed by atoms with E-state index in [-0.39, 0.29) is 17.8 Å². The maximum atomic E-state index is 12.0. The minimum atomic E-state index is -0.243. The first-order valence-electron chi connectivity index (χ1n) is 10.1. The zero-order chi connectivity index (χ0) is 17.6. The Morgan fingerprint density at radius 3 is 2.12 bits per heavy atom. The van der Waals surface area contributed by atoms with E-state index in [1.165, 1.54) is 57.8 Å². The molecule has 4 nitrogen and oxygen atoms in total. The van der Waals surface area contributed by atoms with Crippen molar-refractivity contribution in [2.45, 2.75) is 90.9 Å². The zero-order valence-electron chi connectivity index (χ0n) is 15.9. The number of unbranched alkanes of at least 4 members (excludes halogenated alkanes) is 9. The number of rotatable bonds is 14. The van der Waals surface area contributed by atoms with Crippen LogP contribution >= 0.6 is 0 Å². The van der Waals surface area contributed by atoms with Crippen molar-refractivity contribution >= 4 is 11.9 Å². The van der Waals surface area contributed by atoms with Crippen molar-refractivity contribution in [2.24, 2.45) is 5.92 Å². The van der Waals surface area contributed by atoms with Gasteiger partial charge in [-0.3, -0.25) is 9.59 Å². The van der Waals surface area contributed by atoms with Crippen LogP contribution in [-0.4, -0.2) is 36.5 Å². The Kier molecular flexibility index (Phi) is 11.6.